The number of hydrogen-bond donors (Lipinski definition) is 1. The van der Waals surface area contributed by atoms with Crippen LogP contribution in [0.3, 0.4) is 0 Å². The summed E-state index contributed by atoms with van der Waals surface area (Å²) in [4.78, 5) is 25.7. The van der Waals surface area contributed by atoms with Crippen molar-refractivity contribution in [3.05, 3.63) is 59.4 Å². The fourth-order valence-electron chi connectivity index (χ4n) is 2.06. The van der Waals surface area contributed by atoms with Gasteiger partial charge < -0.3 is 9.84 Å². The lowest BCUT2D eigenvalue weighted by molar-refractivity contribution is -0.148. The predicted octanol–water partition coefficient (Wildman–Crippen LogP) is 2.07. The van der Waals surface area contributed by atoms with Gasteiger partial charge in [-0.3, -0.25) is 9.78 Å². The molecule has 114 valence electrons. The maximum atomic E-state index is 11.1. The fourth-order valence-corrected chi connectivity index (χ4v) is 2.06. The van der Waals surface area contributed by atoms with Crippen molar-refractivity contribution in [1.82, 2.24) is 4.98 Å². The Morgan fingerprint density at radius 1 is 1.14 bits per heavy atom. The van der Waals surface area contributed by atoms with Gasteiger partial charge in [-0.1, -0.05) is 18.2 Å². The summed E-state index contributed by atoms with van der Waals surface area (Å²) in [5.41, 5.74) is 2.68. The molecule has 0 aliphatic heterocycles. The van der Waals surface area contributed by atoms with Gasteiger partial charge in [0.2, 0.25) is 5.78 Å². The number of hydrogen-bond acceptors (Lipinski definition) is 4. The summed E-state index contributed by atoms with van der Waals surface area (Å²) in [6.45, 7) is 0. The first-order chi connectivity index (χ1) is 10.6. The van der Waals surface area contributed by atoms with Gasteiger partial charge in [-0.05, 0) is 42.2 Å². The number of ether oxygens (including phenoxy) is 1. The Morgan fingerprint density at radius 2 is 1.91 bits per heavy atom. The molecule has 5 nitrogen and oxygen atoms in total. The van der Waals surface area contributed by atoms with Crippen LogP contribution < -0.4 is 4.74 Å². The van der Waals surface area contributed by atoms with Crippen molar-refractivity contribution in [3.8, 4) is 5.75 Å². The number of carboxylic acid groups (broad SMARTS) is 1. The topological polar surface area (TPSA) is 76.5 Å². The number of aliphatic carboxylic acids is 1. The van der Waals surface area contributed by atoms with Crippen molar-refractivity contribution in [2.24, 2.45) is 0 Å². The highest BCUT2D eigenvalue weighted by Gasteiger charge is 2.12. The molecule has 2 aromatic rings. The van der Waals surface area contributed by atoms with Crippen LogP contribution in [0.4, 0.5) is 0 Å². The molecule has 0 saturated heterocycles. The maximum absolute atomic E-state index is 11.1. The average molecular weight is 299 g/mol. The van der Waals surface area contributed by atoms with Crippen molar-refractivity contribution in [3.63, 3.8) is 0 Å². The van der Waals surface area contributed by atoms with Gasteiger partial charge in [0.25, 0.3) is 0 Å². The number of nitrogens with zero attached hydrogens (tertiary/aromatic N) is 1. The zero-order chi connectivity index (χ0) is 15.9. The number of methoxy groups -OCH3 is 1. The summed E-state index contributed by atoms with van der Waals surface area (Å²) in [6.07, 6.45) is 3.18. The minimum atomic E-state index is -1.43. The van der Waals surface area contributed by atoms with Crippen LogP contribution in [0, 0.1) is 0 Å². The number of aromatic nitrogens is 1. The Balaban J connectivity index is 1.93. The minimum absolute atomic E-state index is 0.175. The minimum Gasteiger partial charge on any atom is -0.497 e. The van der Waals surface area contributed by atoms with Gasteiger partial charge in [0.15, 0.2) is 0 Å². The van der Waals surface area contributed by atoms with Crippen molar-refractivity contribution in [1.29, 1.82) is 0 Å². The Morgan fingerprint density at radius 3 is 2.55 bits per heavy atom. The fraction of sp³-hybridized carbons (Fsp3) is 0.235. The summed E-state index contributed by atoms with van der Waals surface area (Å²) in [5, 5.41) is 8.56. The van der Waals surface area contributed by atoms with Crippen molar-refractivity contribution in [2.45, 2.75) is 19.3 Å². The maximum Gasteiger partial charge on any atom is 0.372 e. The summed E-state index contributed by atoms with van der Waals surface area (Å²) >= 11 is 0. The second kappa shape index (κ2) is 7.36. The molecule has 2 rings (SSSR count). The first-order valence-electron chi connectivity index (χ1n) is 6.91. The van der Waals surface area contributed by atoms with Gasteiger partial charge in [-0.25, -0.2) is 4.79 Å². The van der Waals surface area contributed by atoms with E-state index in [4.69, 9.17) is 9.84 Å². The summed E-state index contributed by atoms with van der Waals surface area (Å²) < 4.78 is 5.19. The molecule has 0 radical (unpaired) electrons. The molecule has 0 fully saturated rings. The molecule has 0 bridgehead atoms. The SMILES string of the molecule is COc1cccc(CCc2ccc(CC(=O)C(=O)O)nc2)c1. The summed E-state index contributed by atoms with van der Waals surface area (Å²) in [5.74, 6) is -1.45. The molecule has 0 atom stereocenters. The second-order valence-corrected chi connectivity index (χ2v) is 4.91. The van der Waals surface area contributed by atoms with Crippen LogP contribution >= 0.6 is 0 Å². The van der Waals surface area contributed by atoms with Crippen molar-refractivity contribution < 1.29 is 19.4 Å². The van der Waals surface area contributed by atoms with Gasteiger partial charge in [-0.15, -0.1) is 0 Å². The van der Waals surface area contributed by atoms with Gasteiger partial charge in [0.1, 0.15) is 5.75 Å². The van der Waals surface area contributed by atoms with E-state index in [2.05, 4.69) is 4.98 Å². The smallest absolute Gasteiger partial charge is 0.372 e. The number of ketones is 1. The highest BCUT2D eigenvalue weighted by molar-refractivity contribution is 6.33. The van der Waals surface area contributed by atoms with Gasteiger partial charge in [-0.2, -0.15) is 0 Å². The first kappa shape index (κ1) is 15.7. The molecule has 1 aromatic heterocycles. The Hall–Kier alpha value is -2.69. The van der Waals surface area contributed by atoms with Crippen LogP contribution in [0.2, 0.25) is 0 Å². The van der Waals surface area contributed by atoms with E-state index in [9.17, 15) is 9.59 Å². The largest absolute Gasteiger partial charge is 0.497 e. The van der Waals surface area contributed by atoms with E-state index in [0.29, 0.717) is 5.69 Å². The highest BCUT2D eigenvalue weighted by atomic mass is 16.5. The zero-order valence-corrected chi connectivity index (χ0v) is 12.3. The lowest BCUT2D eigenvalue weighted by atomic mass is 10.0. The highest BCUT2D eigenvalue weighted by Crippen LogP contribution is 2.14. The number of aryl methyl sites for hydroxylation is 2. The third-order valence-electron chi connectivity index (χ3n) is 3.30. The summed E-state index contributed by atoms with van der Waals surface area (Å²) in [7, 11) is 1.64. The number of pyridine rings is 1. The van der Waals surface area contributed by atoms with E-state index in [1.54, 1.807) is 19.4 Å². The van der Waals surface area contributed by atoms with Gasteiger partial charge in [0, 0.05) is 11.9 Å². The standard InChI is InChI=1S/C17H17NO4/c1-22-15-4-2-3-12(9-15)5-6-13-7-8-14(18-11-13)10-16(19)17(20)21/h2-4,7-9,11H,5-6,10H2,1H3,(H,20,21). The van der Waals surface area contributed by atoms with Crippen molar-refractivity contribution >= 4 is 11.8 Å². The molecule has 0 spiro atoms. The van der Waals surface area contributed by atoms with E-state index in [-0.39, 0.29) is 6.42 Å². The van der Waals surface area contributed by atoms with E-state index in [1.165, 1.54) is 5.56 Å². The number of Topliss-reactive ketones (excluding diaryl/α,β-unsaturated/α-hetero) is 1. The second-order valence-electron chi connectivity index (χ2n) is 4.91. The normalized spacial score (nSPS) is 10.2. The van der Waals surface area contributed by atoms with Crippen LogP contribution in [0.1, 0.15) is 16.8 Å². The molecule has 0 saturated carbocycles. The third-order valence-corrected chi connectivity index (χ3v) is 3.30. The Kier molecular flexibility index (Phi) is 5.25. The number of carboxylic acids is 1. The number of rotatable bonds is 7. The van der Waals surface area contributed by atoms with E-state index in [0.717, 1.165) is 24.2 Å². The molecule has 0 aliphatic rings. The molecular formula is C17H17NO4. The molecule has 1 aromatic carbocycles. The lowest BCUT2D eigenvalue weighted by Gasteiger charge is -2.05. The average Bonchev–Trinajstić information content (AvgIpc) is 2.54. The van der Waals surface area contributed by atoms with Crippen LogP contribution in [0.15, 0.2) is 42.6 Å². The van der Waals surface area contributed by atoms with Crippen LogP contribution in [-0.2, 0) is 28.9 Å². The zero-order valence-electron chi connectivity index (χ0n) is 12.3. The van der Waals surface area contributed by atoms with Gasteiger partial charge >= 0.3 is 5.97 Å². The van der Waals surface area contributed by atoms with Crippen LogP contribution in [0.5, 0.6) is 5.75 Å². The van der Waals surface area contributed by atoms with Crippen LogP contribution in [-0.4, -0.2) is 29.0 Å². The molecule has 0 unspecified atom stereocenters. The van der Waals surface area contributed by atoms with Crippen molar-refractivity contribution in [2.75, 3.05) is 7.11 Å². The third kappa shape index (κ3) is 4.41. The van der Waals surface area contributed by atoms with E-state index >= 15 is 0 Å². The molecule has 22 heavy (non-hydrogen) atoms. The molecule has 0 amide bonds. The summed E-state index contributed by atoms with van der Waals surface area (Å²) in [6, 6.07) is 11.5. The lowest BCUT2D eigenvalue weighted by Crippen LogP contribution is -2.15. The molecule has 1 heterocycles. The monoisotopic (exact) mass is 299 g/mol. The molecule has 5 heteroatoms. The number of benzene rings is 1. The number of carbonyl (C=O) groups is 2. The van der Waals surface area contributed by atoms with Crippen LogP contribution in [0.25, 0.3) is 0 Å². The number of carbonyl (C=O) groups excluding carboxylic acids is 1. The van der Waals surface area contributed by atoms with E-state index in [1.807, 2.05) is 30.3 Å². The molecule has 1 N–H and O–H groups in total. The molecular weight excluding hydrogens is 282 g/mol. The van der Waals surface area contributed by atoms with E-state index < -0.39 is 11.8 Å². The first-order valence-corrected chi connectivity index (χ1v) is 6.91. The quantitative estimate of drug-likeness (QED) is 0.792. The van der Waals surface area contributed by atoms with Gasteiger partial charge in [0.05, 0.1) is 13.5 Å². The Labute approximate surface area is 128 Å². The predicted molar refractivity (Wildman–Crippen MR) is 81.0 cm³/mol. The molecule has 0 aliphatic carbocycles. The Bertz CT molecular complexity index is 665.